The van der Waals surface area contributed by atoms with Gasteiger partial charge in [0.25, 0.3) is 5.91 Å². The number of amides is 1. The average molecular weight is 543 g/mol. The fourth-order valence-corrected chi connectivity index (χ4v) is 3.94. The van der Waals surface area contributed by atoms with Gasteiger partial charge in [-0.25, -0.2) is 4.98 Å². The molecule has 8 nitrogen and oxygen atoms in total. The van der Waals surface area contributed by atoms with E-state index < -0.39 is 0 Å². The van der Waals surface area contributed by atoms with Crippen molar-refractivity contribution in [2.24, 2.45) is 4.99 Å². The van der Waals surface area contributed by atoms with E-state index in [1.54, 1.807) is 0 Å². The predicted molar refractivity (Wildman–Crippen MR) is 133 cm³/mol. The Morgan fingerprint density at radius 3 is 2.47 bits per heavy atom. The molecule has 30 heavy (non-hydrogen) atoms. The van der Waals surface area contributed by atoms with Crippen LogP contribution < -0.4 is 15.5 Å². The lowest BCUT2D eigenvalue weighted by atomic mass is 10.2. The van der Waals surface area contributed by atoms with Gasteiger partial charge in [0.05, 0.1) is 0 Å². The van der Waals surface area contributed by atoms with Gasteiger partial charge >= 0.3 is 0 Å². The van der Waals surface area contributed by atoms with Crippen molar-refractivity contribution < 1.29 is 4.79 Å². The maximum Gasteiger partial charge on any atom is 0.251 e. The number of benzene rings is 1. The van der Waals surface area contributed by atoms with Crippen LogP contribution in [0.15, 0.2) is 35.3 Å². The summed E-state index contributed by atoms with van der Waals surface area (Å²) in [6.45, 7) is 7.07. The van der Waals surface area contributed by atoms with E-state index in [1.165, 1.54) is 11.5 Å². The smallest absolute Gasteiger partial charge is 0.251 e. The van der Waals surface area contributed by atoms with Crippen LogP contribution in [0.25, 0.3) is 0 Å². The number of carbonyl (C=O) groups excluding carboxylic acids is 1. The molecular formula is C20H30IN7OS. The molecule has 1 aromatic heterocycles. The molecule has 2 N–H and O–H groups in total. The Balaban J connectivity index is 0.00000320. The van der Waals surface area contributed by atoms with Crippen LogP contribution in [0.5, 0.6) is 0 Å². The highest BCUT2D eigenvalue weighted by molar-refractivity contribution is 14.0. The zero-order chi connectivity index (χ0) is 20.5. The molecule has 3 rings (SSSR count). The van der Waals surface area contributed by atoms with Crippen molar-refractivity contribution in [1.29, 1.82) is 0 Å². The third-order valence-electron chi connectivity index (χ3n) is 4.79. The lowest BCUT2D eigenvalue weighted by Crippen LogP contribution is -2.52. The SMILES string of the molecule is CCc1nsc(N2CCN(C(=NC)NCCCNC(=O)c3ccccc3)CC2)n1.I. The van der Waals surface area contributed by atoms with Gasteiger partial charge < -0.3 is 20.4 Å². The minimum Gasteiger partial charge on any atom is -0.356 e. The van der Waals surface area contributed by atoms with Gasteiger partial charge in [0.15, 0.2) is 5.96 Å². The summed E-state index contributed by atoms with van der Waals surface area (Å²) in [7, 11) is 1.81. The van der Waals surface area contributed by atoms with Crippen LogP contribution in [-0.2, 0) is 6.42 Å². The van der Waals surface area contributed by atoms with Crippen LogP contribution in [0.3, 0.4) is 0 Å². The molecule has 0 aliphatic carbocycles. The summed E-state index contributed by atoms with van der Waals surface area (Å²) in [6, 6.07) is 9.28. The van der Waals surface area contributed by atoms with Crippen molar-refractivity contribution in [3.8, 4) is 0 Å². The maximum atomic E-state index is 12.0. The third kappa shape index (κ3) is 6.79. The number of nitrogens with one attached hydrogen (secondary N) is 2. The van der Waals surface area contributed by atoms with Crippen LogP contribution in [0, 0.1) is 0 Å². The number of aryl methyl sites for hydroxylation is 1. The molecule has 2 aromatic rings. The van der Waals surface area contributed by atoms with E-state index in [-0.39, 0.29) is 29.9 Å². The summed E-state index contributed by atoms with van der Waals surface area (Å²) in [5, 5.41) is 7.36. The summed E-state index contributed by atoms with van der Waals surface area (Å²) in [6.07, 6.45) is 1.71. The van der Waals surface area contributed by atoms with Crippen LogP contribution in [0.2, 0.25) is 0 Å². The molecule has 0 radical (unpaired) electrons. The normalized spacial score (nSPS) is 14.3. The maximum absolute atomic E-state index is 12.0. The number of halogens is 1. The summed E-state index contributed by atoms with van der Waals surface area (Å²) in [5.41, 5.74) is 0.690. The molecule has 0 unspecified atom stereocenters. The largest absolute Gasteiger partial charge is 0.356 e. The van der Waals surface area contributed by atoms with Crippen molar-refractivity contribution in [2.75, 3.05) is 51.2 Å². The topological polar surface area (TPSA) is 85.8 Å². The summed E-state index contributed by atoms with van der Waals surface area (Å²) >= 11 is 1.48. The molecule has 0 bridgehead atoms. The molecule has 0 saturated carbocycles. The number of hydrogen-bond acceptors (Lipinski definition) is 6. The molecule has 1 fully saturated rings. The summed E-state index contributed by atoms with van der Waals surface area (Å²) in [5.74, 6) is 1.80. The van der Waals surface area contributed by atoms with Gasteiger partial charge in [-0.15, -0.1) is 24.0 Å². The Morgan fingerprint density at radius 2 is 1.83 bits per heavy atom. The first-order valence-corrected chi connectivity index (χ1v) is 10.8. The van der Waals surface area contributed by atoms with Gasteiger partial charge in [-0.05, 0) is 18.6 Å². The van der Waals surface area contributed by atoms with Crippen LogP contribution in [0.1, 0.15) is 29.5 Å². The van der Waals surface area contributed by atoms with Gasteiger partial charge in [-0.1, -0.05) is 25.1 Å². The van der Waals surface area contributed by atoms with Gasteiger partial charge in [-0.2, -0.15) is 4.37 Å². The van der Waals surface area contributed by atoms with Crippen LogP contribution in [0.4, 0.5) is 5.13 Å². The van der Waals surface area contributed by atoms with E-state index >= 15 is 0 Å². The minimum absolute atomic E-state index is 0. The predicted octanol–water partition coefficient (Wildman–Crippen LogP) is 2.24. The molecule has 1 saturated heterocycles. The quantitative estimate of drug-likeness (QED) is 0.241. The molecule has 1 aromatic carbocycles. The number of guanidine groups is 1. The number of rotatable bonds is 7. The first kappa shape index (κ1) is 24.3. The number of aromatic nitrogens is 2. The molecule has 1 amide bonds. The first-order valence-electron chi connectivity index (χ1n) is 10.1. The Morgan fingerprint density at radius 1 is 1.13 bits per heavy atom. The van der Waals surface area contributed by atoms with Crippen molar-refractivity contribution in [1.82, 2.24) is 24.9 Å². The van der Waals surface area contributed by atoms with Gasteiger partial charge in [0, 0.05) is 69.8 Å². The number of hydrogen-bond donors (Lipinski definition) is 2. The Kier molecular flexibility index (Phi) is 10.3. The zero-order valence-corrected chi connectivity index (χ0v) is 20.7. The number of piperazine rings is 1. The second-order valence-electron chi connectivity index (χ2n) is 6.77. The second kappa shape index (κ2) is 12.7. The minimum atomic E-state index is -0.0333. The molecule has 0 atom stereocenters. The van der Waals surface area contributed by atoms with Crippen LogP contribution in [-0.4, -0.2) is 72.4 Å². The lowest BCUT2D eigenvalue weighted by molar-refractivity contribution is 0.0953. The number of aliphatic imine (C=N–C) groups is 1. The lowest BCUT2D eigenvalue weighted by Gasteiger charge is -2.36. The molecule has 1 aliphatic rings. The zero-order valence-electron chi connectivity index (χ0n) is 17.5. The summed E-state index contributed by atoms with van der Waals surface area (Å²) in [4.78, 5) is 25.6. The van der Waals surface area contributed by atoms with E-state index in [4.69, 9.17) is 0 Å². The van der Waals surface area contributed by atoms with Gasteiger partial charge in [0.1, 0.15) is 5.82 Å². The molecule has 0 spiro atoms. The van der Waals surface area contributed by atoms with Gasteiger partial charge in [0.2, 0.25) is 5.13 Å². The van der Waals surface area contributed by atoms with Crippen molar-refractivity contribution in [2.45, 2.75) is 19.8 Å². The number of anilines is 1. The van der Waals surface area contributed by atoms with E-state index in [0.29, 0.717) is 12.1 Å². The van der Waals surface area contributed by atoms with E-state index in [1.807, 2.05) is 37.4 Å². The number of carbonyl (C=O) groups is 1. The van der Waals surface area contributed by atoms with Crippen molar-refractivity contribution >= 4 is 52.5 Å². The summed E-state index contributed by atoms with van der Waals surface area (Å²) < 4.78 is 4.38. The van der Waals surface area contributed by atoms with Crippen molar-refractivity contribution in [3.05, 3.63) is 41.7 Å². The highest BCUT2D eigenvalue weighted by atomic mass is 127. The van der Waals surface area contributed by atoms with E-state index in [2.05, 4.69) is 41.7 Å². The highest BCUT2D eigenvalue weighted by Crippen LogP contribution is 2.19. The first-order chi connectivity index (χ1) is 14.2. The molecule has 2 heterocycles. The van der Waals surface area contributed by atoms with Crippen molar-refractivity contribution in [3.63, 3.8) is 0 Å². The van der Waals surface area contributed by atoms with Crippen LogP contribution >= 0.6 is 35.5 Å². The Bertz CT molecular complexity index is 806. The fourth-order valence-electron chi connectivity index (χ4n) is 3.14. The Hall–Kier alpha value is -1.95. The van der Waals surface area contributed by atoms with Gasteiger partial charge in [-0.3, -0.25) is 9.79 Å². The van der Waals surface area contributed by atoms with E-state index in [9.17, 15) is 4.79 Å². The van der Waals surface area contributed by atoms with E-state index in [0.717, 1.165) is 62.5 Å². The highest BCUT2D eigenvalue weighted by Gasteiger charge is 2.21. The second-order valence-corrected chi connectivity index (χ2v) is 7.50. The molecular weight excluding hydrogens is 513 g/mol. The number of nitrogens with zero attached hydrogens (tertiary/aromatic N) is 5. The monoisotopic (exact) mass is 543 g/mol. The molecule has 1 aliphatic heterocycles. The molecule has 10 heteroatoms. The standard InChI is InChI=1S/C20H29N7OS.HI/c1-3-17-24-20(29-25-17)27-14-12-26(13-15-27)19(21-2)23-11-7-10-22-18(28)16-8-5-4-6-9-16;/h4-6,8-9H,3,7,10-15H2,1-2H3,(H,21,23)(H,22,28);1H. The molecule has 164 valence electrons. The third-order valence-corrected chi connectivity index (χ3v) is 5.61. The average Bonchev–Trinajstić information content (AvgIpc) is 3.26. The Labute approximate surface area is 199 Å². The fraction of sp³-hybridized carbons (Fsp3) is 0.500.